The molecule has 1 amide bonds. The Kier molecular flexibility index (Phi) is 3.26. The van der Waals surface area contributed by atoms with Crippen molar-refractivity contribution >= 4 is 28.9 Å². The van der Waals surface area contributed by atoms with E-state index in [2.05, 4.69) is 0 Å². The van der Waals surface area contributed by atoms with Gasteiger partial charge in [0.25, 0.3) is 5.69 Å². The molecule has 1 aromatic carbocycles. The molecule has 80 valence electrons. The summed E-state index contributed by atoms with van der Waals surface area (Å²) in [6.07, 6.45) is 0. The summed E-state index contributed by atoms with van der Waals surface area (Å²) in [4.78, 5) is 22.3. The van der Waals surface area contributed by atoms with Gasteiger partial charge in [-0.05, 0) is 12.1 Å². The van der Waals surface area contributed by atoms with Crippen molar-refractivity contribution in [3.8, 4) is 0 Å². The van der Waals surface area contributed by atoms with E-state index in [1.54, 1.807) is 6.07 Å². The second-order valence-electron chi connectivity index (χ2n) is 2.97. The number of benzene rings is 1. The van der Waals surface area contributed by atoms with E-state index in [1.165, 1.54) is 31.0 Å². The van der Waals surface area contributed by atoms with Gasteiger partial charge in [-0.25, -0.2) is 0 Å². The summed E-state index contributed by atoms with van der Waals surface area (Å²) in [5.74, 6) is -0.202. The summed E-state index contributed by atoms with van der Waals surface area (Å²) in [6.45, 7) is 1.38. The van der Waals surface area contributed by atoms with Crippen molar-refractivity contribution in [2.45, 2.75) is 6.92 Å². The minimum absolute atomic E-state index is 0.0562. The highest BCUT2D eigenvalue weighted by atomic mass is 35.5. The van der Waals surface area contributed by atoms with Crippen LogP contribution in [-0.4, -0.2) is 17.9 Å². The van der Waals surface area contributed by atoms with Crippen LogP contribution in [0.15, 0.2) is 18.2 Å². The van der Waals surface area contributed by atoms with E-state index in [9.17, 15) is 14.9 Å². The molecule has 0 aliphatic rings. The van der Waals surface area contributed by atoms with Crippen molar-refractivity contribution in [1.82, 2.24) is 0 Å². The smallest absolute Gasteiger partial charge is 0.289 e. The largest absolute Gasteiger partial charge is 0.315 e. The van der Waals surface area contributed by atoms with Crippen molar-refractivity contribution in [3.63, 3.8) is 0 Å². The van der Waals surface area contributed by atoms with Crippen LogP contribution in [0.3, 0.4) is 0 Å². The van der Waals surface area contributed by atoms with Gasteiger partial charge in [0, 0.05) is 20.0 Å². The van der Waals surface area contributed by atoms with Crippen LogP contribution in [0.2, 0.25) is 5.02 Å². The van der Waals surface area contributed by atoms with Crippen molar-refractivity contribution in [1.29, 1.82) is 0 Å². The molecule has 0 heterocycles. The number of carbonyl (C=O) groups is 1. The summed E-state index contributed by atoms with van der Waals surface area (Å²) in [5.41, 5.74) is 0.237. The van der Waals surface area contributed by atoms with Crippen LogP contribution in [0.4, 0.5) is 11.4 Å². The first-order chi connectivity index (χ1) is 6.93. The van der Waals surface area contributed by atoms with Crippen LogP contribution in [0.25, 0.3) is 0 Å². The Morgan fingerprint density at radius 1 is 1.53 bits per heavy atom. The molecular weight excluding hydrogens is 220 g/mol. The lowest BCUT2D eigenvalue weighted by Crippen LogP contribution is -2.22. The Morgan fingerprint density at radius 3 is 2.60 bits per heavy atom. The Hall–Kier alpha value is -1.62. The predicted molar refractivity (Wildman–Crippen MR) is 57.2 cm³/mol. The normalized spacial score (nSPS) is 9.80. The molecule has 1 aromatic rings. The zero-order chi connectivity index (χ0) is 11.6. The van der Waals surface area contributed by atoms with Gasteiger partial charge in [-0.1, -0.05) is 11.6 Å². The summed E-state index contributed by atoms with van der Waals surface area (Å²) < 4.78 is 0. The van der Waals surface area contributed by atoms with E-state index < -0.39 is 4.92 Å². The molecule has 0 spiro atoms. The van der Waals surface area contributed by atoms with Gasteiger partial charge in [0.15, 0.2) is 0 Å². The second kappa shape index (κ2) is 4.27. The van der Waals surface area contributed by atoms with Gasteiger partial charge in [-0.15, -0.1) is 0 Å². The first kappa shape index (κ1) is 11.5. The molecule has 6 heteroatoms. The van der Waals surface area contributed by atoms with Crippen LogP contribution >= 0.6 is 11.6 Å². The van der Waals surface area contributed by atoms with E-state index in [1.807, 2.05) is 0 Å². The van der Waals surface area contributed by atoms with Gasteiger partial charge >= 0.3 is 0 Å². The molecule has 0 N–H and O–H groups in total. The lowest BCUT2D eigenvalue weighted by Gasteiger charge is -2.14. The lowest BCUT2D eigenvalue weighted by molar-refractivity contribution is -0.384. The van der Waals surface area contributed by atoms with Crippen molar-refractivity contribution in [3.05, 3.63) is 33.3 Å². The molecule has 1 rings (SSSR count). The second-order valence-corrected chi connectivity index (χ2v) is 3.38. The summed E-state index contributed by atoms with van der Waals surface area (Å²) in [7, 11) is 1.54. The minimum atomic E-state index is -0.584. The van der Waals surface area contributed by atoms with Gasteiger partial charge in [-0.2, -0.15) is 0 Å². The standard InChI is InChI=1S/C9H9ClN2O3/c1-6(13)11(2)7-3-4-8(10)9(5-7)12(14)15/h3-5H,1-2H3. The van der Waals surface area contributed by atoms with Crippen LogP contribution in [-0.2, 0) is 4.79 Å². The Labute approximate surface area is 91.4 Å². The zero-order valence-electron chi connectivity index (χ0n) is 8.23. The number of nitro groups is 1. The number of amides is 1. The van der Waals surface area contributed by atoms with E-state index in [4.69, 9.17) is 11.6 Å². The van der Waals surface area contributed by atoms with Crippen LogP contribution in [0.5, 0.6) is 0 Å². The zero-order valence-corrected chi connectivity index (χ0v) is 8.99. The van der Waals surface area contributed by atoms with E-state index in [0.717, 1.165) is 0 Å². The molecule has 0 aliphatic carbocycles. The topological polar surface area (TPSA) is 63.5 Å². The number of anilines is 1. The predicted octanol–water partition coefficient (Wildman–Crippen LogP) is 2.23. The van der Waals surface area contributed by atoms with Crippen molar-refractivity contribution < 1.29 is 9.72 Å². The summed E-state index contributed by atoms with van der Waals surface area (Å²) >= 11 is 5.63. The molecule has 0 fully saturated rings. The number of nitro benzene ring substituents is 1. The minimum Gasteiger partial charge on any atom is -0.315 e. The third kappa shape index (κ3) is 2.44. The fraction of sp³-hybridized carbons (Fsp3) is 0.222. The molecule has 0 saturated heterocycles. The van der Waals surface area contributed by atoms with Crippen LogP contribution in [0, 0.1) is 10.1 Å². The summed E-state index contributed by atoms with van der Waals surface area (Å²) in [6, 6.07) is 4.22. The number of rotatable bonds is 2. The van der Waals surface area contributed by atoms with Crippen LogP contribution < -0.4 is 4.90 Å². The van der Waals surface area contributed by atoms with Gasteiger partial charge < -0.3 is 4.90 Å². The fourth-order valence-electron chi connectivity index (χ4n) is 1.03. The Bertz CT molecular complexity index is 420. The van der Waals surface area contributed by atoms with Gasteiger partial charge in [0.05, 0.1) is 10.6 Å². The van der Waals surface area contributed by atoms with Gasteiger partial charge in [0.1, 0.15) is 5.02 Å². The monoisotopic (exact) mass is 228 g/mol. The maximum atomic E-state index is 11.0. The van der Waals surface area contributed by atoms with Crippen molar-refractivity contribution in [2.75, 3.05) is 11.9 Å². The Balaban J connectivity index is 3.18. The molecule has 0 aliphatic heterocycles. The lowest BCUT2D eigenvalue weighted by atomic mass is 10.2. The SMILES string of the molecule is CC(=O)N(C)c1ccc(Cl)c([N+](=O)[O-])c1. The third-order valence-corrected chi connectivity index (χ3v) is 2.31. The van der Waals surface area contributed by atoms with E-state index in [-0.39, 0.29) is 16.6 Å². The third-order valence-electron chi connectivity index (χ3n) is 1.99. The molecular formula is C9H9ClN2O3. The van der Waals surface area contributed by atoms with Gasteiger partial charge in [0.2, 0.25) is 5.91 Å². The number of hydrogen-bond donors (Lipinski definition) is 0. The maximum Gasteiger partial charge on any atom is 0.289 e. The number of carbonyl (C=O) groups excluding carboxylic acids is 1. The molecule has 0 saturated carbocycles. The highest BCUT2D eigenvalue weighted by molar-refractivity contribution is 6.32. The molecule has 0 unspecified atom stereocenters. The molecule has 15 heavy (non-hydrogen) atoms. The van der Waals surface area contributed by atoms with Crippen molar-refractivity contribution in [2.24, 2.45) is 0 Å². The first-order valence-corrected chi connectivity index (χ1v) is 4.49. The first-order valence-electron chi connectivity index (χ1n) is 4.11. The van der Waals surface area contributed by atoms with Crippen LogP contribution in [0.1, 0.15) is 6.92 Å². The Morgan fingerprint density at radius 2 is 2.13 bits per heavy atom. The highest BCUT2D eigenvalue weighted by Crippen LogP contribution is 2.28. The molecule has 0 bridgehead atoms. The molecule has 5 nitrogen and oxygen atoms in total. The molecule has 0 radical (unpaired) electrons. The quantitative estimate of drug-likeness (QED) is 0.576. The average molecular weight is 229 g/mol. The van der Waals surface area contributed by atoms with E-state index in [0.29, 0.717) is 5.69 Å². The molecule has 0 atom stereocenters. The fourth-order valence-corrected chi connectivity index (χ4v) is 1.22. The average Bonchev–Trinajstić information content (AvgIpc) is 2.16. The van der Waals surface area contributed by atoms with Gasteiger partial charge in [-0.3, -0.25) is 14.9 Å². The highest BCUT2D eigenvalue weighted by Gasteiger charge is 2.15. The number of halogens is 1. The van der Waals surface area contributed by atoms with E-state index >= 15 is 0 Å². The summed E-state index contributed by atoms with van der Waals surface area (Å²) in [5, 5.41) is 10.6. The maximum absolute atomic E-state index is 11.0. The number of hydrogen-bond acceptors (Lipinski definition) is 3. The number of nitrogens with zero attached hydrogens (tertiary/aromatic N) is 2. The molecule has 0 aromatic heterocycles.